The second kappa shape index (κ2) is 13.7. The van der Waals surface area contributed by atoms with Crippen LogP contribution < -0.4 is 4.74 Å². The van der Waals surface area contributed by atoms with Crippen LogP contribution in [-0.4, -0.2) is 24.5 Å². The Labute approximate surface area is 217 Å². The van der Waals surface area contributed by atoms with Gasteiger partial charge in [-0.2, -0.15) is 0 Å². The van der Waals surface area contributed by atoms with Gasteiger partial charge in [0.1, 0.15) is 5.75 Å². The summed E-state index contributed by atoms with van der Waals surface area (Å²) in [4.78, 5) is 25.6. The summed E-state index contributed by atoms with van der Waals surface area (Å²) in [6.07, 6.45) is 7.63. The van der Waals surface area contributed by atoms with Crippen LogP contribution in [0, 0.1) is 5.41 Å². The molecule has 0 fully saturated rings. The zero-order valence-electron chi connectivity index (χ0n) is 21.2. The van der Waals surface area contributed by atoms with E-state index in [9.17, 15) is 18.4 Å². The van der Waals surface area contributed by atoms with Crippen molar-refractivity contribution in [1.29, 1.82) is 0 Å². The molecule has 0 saturated carbocycles. The molecule has 0 amide bonds. The number of benzene rings is 2. The molecule has 0 bridgehead atoms. The van der Waals surface area contributed by atoms with E-state index in [0.717, 1.165) is 30.4 Å². The molecule has 4 nitrogen and oxygen atoms in total. The lowest BCUT2D eigenvalue weighted by atomic mass is 9.76. The van der Waals surface area contributed by atoms with Crippen molar-refractivity contribution in [2.24, 2.45) is 5.41 Å². The van der Waals surface area contributed by atoms with Crippen LogP contribution in [0.25, 0.3) is 5.57 Å². The van der Waals surface area contributed by atoms with E-state index in [1.165, 1.54) is 24.3 Å². The van der Waals surface area contributed by atoms with E-state index >= 15 is 0 Å². The minimum Gasteiger partial charge on any atom is -0.453 e. The van der Waals surface area contributed by atoms with Crippen molar-refractivity contribution in [3.63, 3.8) is 0 Å². The van der Waals surface area contributed by atoms with Gasteiger partial charge in [-0.05, 0) is 61.1 Å². The molecule has 0 heterocycles. The fraction of sp³-hybridized carbons (Fsp3) is 0.355. The summed E-state index contributed by atoms with van der Waals surface area (Å²) in [6.45, 7) is 5.83. The average Bonchev–Trinajstić information content (AvgIpc) is 2.91. The van der Waals surface area contributed by atoms with Gasteiger partial charge in [-0.3, -0.25) is 4.79 Å². The minimum absolute atomic E-state index is 0.118. The first kappa shape index (κ1) is 28.0. The van der Waals surface area contributed by atoms with Crippen LogP contribution in [0.4, 0.5) is 8.78 Å². The molecule has 2 unspecified atom stereocenters. The van der Waals surface area contributed by atoms with E-state index in [1.54, 1.807) is 6.08 Å². The molecule has 3 rings (SSSR count). The molecule has 0 aromatic heterocycles. The van der Waals surface area contributed by atoms with Gasteiger partial charge >= 0.3 is 11.9 Å². The fourth-order valence-electron chi connectivity index (χ4n) is 4.25. The Bertz CT molecular complexity index is 1110. The van der Waals surface area contributed by atoms with Crippen molar-refractivity contribution in [3.8, 4) is 5.75 Å². The quantitative estimate of drug-likeness (QED) is 0.119. The van der Waals surface area contributed by atoms with E-state index < -0.39 is 29.9 Å². The maximum Gasteiger partial charge on any atom is 0.338 e. The van der Waals surface area contributed by atoms with Crippen LogP contribution in [0.3, 0.4) is 0 Å². The summed E-state index contributed by atoms with van der Waals surface area (Å²) < 4.78 is 37.4. The molecule has 0 N–H and O–H groups in total. The lowest BCUT2D eigenvalue weighted by Gasteiger charge is -2.29. The van der Waals surface area contributed by atoms with Gasteiger partial charge in [0.25, 0.3) is 6.43 Å². The zero-order chi connectivity index (χ0) is 26.7. The summed E-state index contributed by atoms with van der Waals surface area (Å²) in [5.41, 5.74) is 1.33. The van der Waals surface area contributed by atoms with E-state index in [2.05, 4.69) is 6.58 Å². The minimum atomic E-state index is -2.74. The number of hydrogen-bond acceptors (Lipinski definition) is 4. The average molecular weight is 509 g/mol. The zero-order valence-corrected chi connectivity index (χ0v) is 21.2. The number of halogens is 2. The van der Waals surface area contributed by atoms with E-state index in [4.69, 9.17) is 9.47 Å². The SMILES string of the molecule is C=CCC1(C(=O)Oc2ccc(C(=O)OC(CCCCCC)C(F)F)cc2)C=CC(c2ccccc2)=CC1. The van der Waals surface area contributed by atoms with Crippen LogP contribution in [-0.2, 0) is 9.53 Å². The lowest BCUT2D eigenvalue weighted by molar-refractivity contribution is -0.142. The van der Waals surface area contributed by atoms with Crippen molar-refractivity contribution < 1.29 is 27.8 Å². The van der Waals surface area contributed by atoms with Gasteiger partial charge in [-0.1, -0.05) is 80.8 Å². The molecule has 37 heavy (non-hydrogen) atoms. The number of rotatable bonds is 13. The number of esters is 2. The number of alkyl halides is 2. The summed E-state index contributed by atoms with van der Waals surface area (Å²) in [7, 11) is 0. The first-order chi connectivity index (χ1) is 17.9. The molecule has 1 aliphatic rings. The van der Waals surface area contributed by atoms with Crippen LogP contribution in [0.15, 0.2) is 85.5 Å². The predicted molar refractivity (Wildman–Crippen MR) is 141 cm³/mol. The molecule has 2 aromatic rings. The third kappa shape index (κ3) is 7.72. The van der Waals surface area contributed by atoms with Gasteiger partial charge in [0.15, 0.2) is 6.10 Å². The van der Waals surface area contributed by atoms with Crippen molar-refractivity contribution in [1.82, 2.24) is 0 Å². The molecule has 0 aliphatic heterocycles. The number of unbranched alkanes of at least 4 members (excludes halogenated alkanes) is 3. The number of carbonyl (C=O) groups excluding carboxylic acids is 2. The molecule has 0 spiro atoms. The van der Waals surface area contributed by atoms with E-state index in [-0.39, 0.29) is 17.7 Å². The molecule has 196 valence electrons. The predicted octanol–water partition coefficient (Wildman–Crippen LogP) is 7.96. The van der Waals surface area contributed by atoms with E-state index in [0.29, 0.717) is 19.3 Å². The number of allylic oxidation sites excluding steroid dienone is 4. The Hall–Kier alpha value is -3.54. The largest absolute Gasteiger partial charge is 0.453 e. The molecule has 0 radical (unpaired) electrons. The molecular weight excluding hydrogens is 474 g/mol. The lowest BCUT2D eigenvalue weighted by Crippen LogP contribution is -2.33. The molecule has 2 atom stereocenters. The Balaban J connectivity index is 1.62. The molecular formula is C31H34F2O4. The highest BCUT2D eigenvalue weighted by molar-refractivity contribution is 5.90. The van der Waals surface area contributed by atoms with Gasteiger partial charge < -0.3 is 9.47 Å². The highest BCUT2D eigenvalue weighted by Crippen LogP contribution is 2.38. The topological polar surface area (TPSA) is 52.6 Å². The van der Waals surface area contributed by atoms with Crippen LogP contribution in [0.2, 0.25) is 0 Å². The summed E-state index contributed by atoms with van der Waals surface area (Å²) in [5, 5.41) is 0. The third-order valence-corrected chi connectivity index (χ3v) is 6.47. The molecule has 2 aromatic carbocycles. The van der Waals surface area contributed by atoms with Crippen LogP contribution >= 0.6 is 0 Å². The smallest absolute Gasteiger partial charge is 0.338 e. The highest BCUT2D eigenvalue weighted by Gasteiger charge is 2.37. The maximum absolute atomic E-state index is 13.3. The first-order valence-corrected chi connectivity index (χ1v) is 12.8. The first-order valence-electron chi connectivity index (χ1n) is 12.8. The second-order valence-corrected chi connectivity index (χ2v) is 9.25. The van der Waals surface area contributed by atoms with Gasteiger partial charge in [-0.25, -0.2) is 13.6 Å². The van der Waals surface area contributed by atoms with Gasteiger partial charge in [0, 0.05) is 0 Å². The number of hydrogen-bond donors (Lipinski definition) is 0. The standard InChI is InChI=1S/C31H34F2O4/c1-3-5-6-10-13-27(28(32)33)37-29(34)25-14-16-26(17-15-25)36-30(35)31(20-4-2)21-18-24(19-22-31)23-11-8-7-9-12-23/h4,7-9,11-12,14-19,21,27-28H,2-3,5-6,10,13,20,22H2,1H3. The second-order valence-electron chi connectivity index (χ2n) is 9.25. The van der Waals surface area contributed by atoms with Crippen LogP contribution in [0.5, 0.6) is 5.75 Å². The Morgan fingerprint density at radius 3 is 2.38 bits per heavy atom. The normalized spacial score (nSPS) is 17.7. The van der Waals surface area contributed by atoms with Crippen molar-refractivity contribution in [2.75, 3.05) is 0 Å². The van der Waals surface area contributed by atoms with E-state index in [1.807, 2.05) is 55.5 Å². The monoisotopic (exact) mass is 508 g/mol. The summed E-state index contributed by atoms with van der Waals surface area (Å²) in [5.74, 6) is -1.01. The molecule has 1 aliphatic carbocycles. The molecule has 6 heteroatoms. The van der Waals surface area contributed by atoms with Crippen LogP contribution in [0.1, 0.15) is 67.8 Å². The Kier molecular flexibility index (Phi) is 10.4. The summed E-state index contributed by atoms with van der Waals surface area (Å²) in [6, 6.07) is 15.7. The molecule has 0 saturated heterocycles. The number of carbonyl (C=O) groups is 2. The van der Waals surface area contributed by atoms with Gasteiger partial charge in [0.2, 0.25) is 0 Å². The van der Waals surface area contributed by atoms with Crippen molar-refractivity contribution in [2.45, 2.75) is 64.4 Å². The summed E-state index contributed by atoms with van der Waals surface area (Å²) >= 11 is 0. The number of ether oxygens (including phenoxy) is 2. The van der Waals surface area contributed by atoms with Gasteiger partial charge in [-0.15, -0.1) is 6.58 Å². The Morgan fingerprint density at radius 2 is 1.78 bits per heavy atom. The van der Waals surface area contributed by atoms with Gasteiger partial charge in [0.05, 0.1) is 11.0 Å². The maximum atomic E-state index is 13.3. The Morgan fingerprint density at radius 1 is 1.05 bits per heavy atom. The van der Waals surface area contributed by atoms with Crippen molar-refractivity contribution >= 4 is 17.5 Å². The fourth-order valence-corrected chi connectivity index (χ4v) is 4.25. The third-order valence-electron chi connectivity index (χ3n) is 6.47. The van der Waals surface area contributed by atoms with Crippen molar-refractivity contribution in [3.05, 3.63) is 96.6 Å². The highest BCUT2D eigenvalue weighted by atomic mass is 19.3.